The third-order valence-electron chi connectivity index (χ3n) is 3.36. The highest BCUT2D eigenvalue weighted by atomic mass is 15.0. The van der Waals surface area contributed by atoms with Crippen LogP contribution in [0.2, 0.25) is 0 Å². The van der Waals surface area contributed by atoms with Crippen LogP contribution in [-0.4, -0.2) is 21.1 Å². The Balaban J connectivity index is 1.46. The molecule has 1 aromatic carbocycles. The molecule has 2 aromatic heterocycles. The van der Waals surface area contributed by atoms with Gasteiger partial charge < -0.3 is 9.88 Å². The Labute approximate surface area is 118 Å². The van der Waals surface area contributed by atoms with Gasteiger partial charge in [0, 0.05) is 43.4 Å². The van der Waals surface area contributed by atoms with E-state index < -0.39 is 0 Å². The van der Waals surface area contributed by atoms with Crippen molar-refractivity contribution in [3.63, 3.8) is 0 Å². The van der Waals surface area contributed by atoms with Gasteiger partial charge in [-0.15, -0.1) is 0 Å². The van der Waals surface area contributed by atoms with Gasteiger partial charge in [-0.3, -0.25) is 9.97 Å². The highest BCUT2D eigenvalue weighted by Crippen LogP contribution is 2.15. The number of aryl methyl sites for hydroxylation is 1. The minimum Gasteiger partial charge on any atom is -0.347 e. The Morgan fingerprint density at radius 2 is 2.05 bits per heavy atom. The summed E-state index contributed by atoms with van der Waals surface area (Å²) >= 11 is 0. The van der Waals surface area contributed by atoms with Crippen LogP contribution >= 0.6 is 0 Å². The van der Waals surface area contributed by atoms with Gasteiger partial charge >= 0.3 is 0 Å². The topological polar surface area (TPSA) is 42.7 Å². The zero-order valence-corrected chi connectivity index (χ0v) is 11.4. The Bertz CT molecular complexity index is 660. The van der Waals surface area contributed by atoms with E-state index >= 15 is 0 Å². The van der Waals surface area contributed by atoms with Crippen molar-refractivity contribution in [1.82, 2.24) is 19.9 Å². The lowest BCUT2D eigenvalue weighted by molar-refractivity contribution is 0.585. The van der Waals surface area contributed by atoms with Gasteiger partial charge in [0.2, 0.25) is 0 Å². The van der Waals surface area contributed by atoms with Crippen molar-refractivity contribution in [3.8, 4) is 0 Å². The number of hydrogen-bond acceptors (Lipinski definition) is 3. The van der Waals surface area contributed by atoms with Gasteiger partial charge in [0.05, 0.1) is 5.69 Å². The summed E-state index contributed by atoms with van der Waals surface area (Å²) in [6, 6.07) is 10.7. The van der Waals surface area contributed by atoms with Crippen LogP contribution in [0.3, 0.4) is 0 Å². The summed E-state index contributed by atoms with van der Waals surface area (Å²) in [5, 5.41) is 4.70. The van der Waals surface area contributed by atoms with Crippen LogP contribution in [0.15, 0.2) is 55.1 Å². The monoisotopic (exact) mass is 266 g/mol. The van der Waals surface area contributed by atoms with E-state index in [2.05, 4.69) is 56.4 Å². The van der Waals surface area contributed by atoms with Crippen molar-refractivity contribution < 1.29 is 0 Å². The maximum atomic E-state index is 4.24. The van der Waals surface area contributed by atoms with Gasteiger partial charge in [-0.05, 0) is 30.5 Å². The predicted octanol–water partition coefficient (Wildman–Crippen LogP) is 2.61. The molecule has 0 saturated heterocycles. The minimum atomic E-state index is 0.778. The fraction of sp³-hybridized carbons (Fsp3) is 0.250. The van der Waals surface area contributed by atoms with E-state index in [4.69, 9.17) is 0 Å². The fourth-order valence-electron chi connectivity index (χ4n) is 2.35. The maximum Gasteiger partial charge on any atom is 0.0724 e. The quantitative estimate of drug-likeness (QED) is 0.697. The average molecular weight is 266 g/mol. The molecular weight excluding hydrogens is 248 g/mol. The zero-order chi connectivity index (χ0) is 13.6. The third-order valence-corrected chi connectivity index (χ3v) is 3.36. The molecule has 0 unspecified atom stereocenters. The molecule has 2 heterocycles. The van der Waals surface area contributed by atoms with Gasteiger partial charge in [0.1, 0.15) is 0 Å². The molecule has 0 fully saturated rings. The average Bonchev–Trinajstić information content (AvgIpc) is 2.91. The largest absolute Gasteiger partial charge is 0.347 e. The molecule has 0 radical (unpaired) electrons. The van der Waals surface area contributed by atoms with Crippen LogP contribution in [0.4, 0.5) is 0 Å². The molecule has 4 heteroatoms. The predicted molar refractivity (Wildman–Crippen MR) is 80.3 cm³/mol. The SMILES string of the molecule is c1ccc2c(c1)ccn2CCCNCc1cnccn1. The van der Waals surface area contributed by atoms with E-state index in [1.54, 1.807) is 18.6 Å². The Morgan fingerprint density at radius 3 is 2.95 bits per heavy atom. The molecule has 0 aliphatic rings. The molecular formula is C16H18N4. The second kappa shape index (κ2) is 6.30. The number of nitrogens with one attached hydrogen (secondary N) is 1. The summed E-state index contributed by atoms with van der Waals surface area (Å²) < 4.78 is 2.30. The second-order valence-electron chi connectivity index (χ2n) is 4.80. The Hall–Kier alpha value is -2.20. The molecule has 1 N–H and O–H groups in total. The van der Waals surface area contributed by atoms with E-state index in [-0.39, 0.29) is 0 Å². The van der Waals surface area contributed by atoms with Gasteiger partial charge in [-0.1, -0.05) is 18.2 Å². The molecule has 0 bridgehead atoms. The van der Waals surface area contributed by atoms with E-state index in [1.165, 1.54) is 10.9 Å². The molecule has 4 nitrogen and oxygen atoms in total. The number of nitrogens with zero attached hydrogens (tertiary/aromatic N) is 3. The van der Waals surface area contributed by atoms with Crippen LogP contribution in [0, 0.1) is 0 Å². The van der Waals surface area contributed by atoms with Crippen molar-refractivity contribution in [2.45, 2.75) is 19.5 Å². The van der Waals surface area contributed by atoms with Gasteiger partial charge in [0.15, 0.2) is 0 Å². The first kappa shape index (κ1) is 12.8. The number of aromatic nitrogens is 3. The zero-order valence-electron chi connectivity index (χ0n) is 11.4. The first-order valence-electron chi connectivity index (χ1n) is 6.93. The van der Waals surface area contributed by atoms with Crippen LogP contribution in [0.25, 0.3) is 10.9 Å². The summed E-state index contributed by atoms with van der Waals surface area (Å²) in [7, 11) is 0. The van der Waals surface area contributed by atoms with Crippen molar-refractivity contribution in [3.05, 3.63) is 60.8 Å². The van der Waals surface area contributed by atoms with E-state index in [1.807, 2.05) is 0 Å². The first-order valence-corrected chi connectivity index (χ1v) is 6.93. The number of para-hydroxylation sites is 1. The summed E-state index contributed by atoms with van der Waals surface area (Å²) in [6.45, 7) is 2.78. The highest BCUT2D eigenvalue weighted by molar-refractivity contribution is 5.79. The summed E-state index contributed by atoms with van der Waals surface area (Å²) in [5.41, 5.74) is 2.29. The number of rotatable bonds is 6. The lowest BCUT2D eigenvalue weighted by Gasteiger charge is -2.06. The standard InChI is InChI=1S/C16H18N4/c1-2-5-16-14(4-1)6-11-20(16)10-3-7-17-12-15-13-18-8-9-19-15/h1-2,4-6,8-9,11,13,17H,3,7,10,12H2. The van der Waals surface area contributed by atoms with Crippen LogP contribution in [0.1, 0.15) is 12.1 Å². The molecule has 3 rings (SSSR count). The molecule has 0 atom stereocenters. The van der Waals surface area contributed by atoms with Gasteiger partial charge in [-0.25, -0.2) is 0 Å². The van der Waals surface area contributed by atoms with Crippen molar-refractivity contribution >= 4 is 10.9 Å². The summed E-state index contributed by atoms with van der Waals surface area (Å²) in [4.78, 5) is 8.29. The summed E-state index contributed by atoms with van der Waals surface area (Å²) in [5.74, 6) is 0. The minimum absolute atomic E-state index is 0.778. The lowest BCUT2D eigenvalue weighted by Crippen LogP contribution is -2.17. The molecule has 0 aliphatic heterocycles. The second-order valence-corrected chi connectivity index (χ2v) is 4.80. The maximum absolute atomic E-state index is 4.24. The third kappa shape index (κ3) is 3.03. The van der Waals surface area contributed by atoms with Crippen LogP contribution in [-0.2, 0) is 13.1 Å². The van der Waals surface area contributed by atoms with Gasteiger partial charge in [-0.2, -0.15) is 0 Å². The van der Waals surface area contributed by atoms with E-state index in [9.17, 15) is 0 Å². The number of fused-ring (bicyclic) bond motifs is 1. The Kier molecular flexibility index (Phi) is 4.04. The lowest BCUT2D eigenvalue weighted by atomic mass is 10.2. The van der Waals surface area contributed by atoms with Crippen LogP contribution in [0.5, 0.6) is 0 Å². The highest BCUT2D eigenvalue weighted by Gasteiger charge is 1.99. The van der Waals surface area contributed by atoms with Crippen molar-refractivity contribution in [2.75, 3.05) is 6.54 Å². The van der Waals surface area contributed by atoms with Gasteiger partial charge in [0.25, 0.3) is 0 Å². The fourth-order valence-corrected chi connectivity index (χ4v) is 2.35. The van der Waals surface area contributed by atoms with Crippen molar-refractivity contribution in [1.29, 1.82) is 0 Å². The molecule has 0 amide bonds. The molecule has 3 aromatic rings. The Morgan fingerprint density at radius 1 is 1.10 bits per heavy atom. The van der Waals surface area contributed by atoms with E-state index in [0.29, 0.717) is 0 Å². The molecule has 0 aliphatic carbocycles. The first-order chi connectivity index (χ1) is 9.93. The van der Waals surface area contributed by atoms with Crippen molar-refractivity contribution in [2.24, 2.45) is 0 Å². The molecule has 102 valence electrons. The smallest absolute Gasteiger partial charge is 0.0724 e. The molecule has 0 saturated carbocycles. The molecule has 0 spiro atoms. The summed E-state index contributed by atoms with van der Waals surface area (Å²) in [6.07, 6.45) is 8.47. The van der Waals surface area contributed by atoms with Crippen LogP contribution < -0.4 is 5.32 Å². The number of hydrogen-bond donors (Lipinski definition) is 1. The number of benzene rings is 1. The molecule has 20 heavy (non-hydrogen) atoms. The normalized spacial score (nSPS) is 11.0. The van der Waals surface area contributed by atoms with E-state index in [0.717, 1.165) is 31.7 Å².